The number of nitrogens with one attached hydrogen (secondary N) is 1. The van der Waals surface area contributed by atoms with E-state index in [0.29, 0.717) is 0 Å². The number of thioether (sulfide) groups is 1. The first-order valence-corrected chi connectivity index (χ1v) is 7.84. The molecule has 0 saturated carbocycles. The third-order valence-corrected chi connectivity index (χ3v) is 4.64. The van der Waals surface area contributed by atoms with Crippen molar-refractivity contribution in [3.63, 3.8) is 0 Å². The van der Waals surface area contributed by atoms with Crippen LogP contribution < -0.4 is 5.32 Å². The highest BCUT2D eigenvalue weighted by Crippen LogP contribution is 2.22. The standard InChI is InChI=1S/C15H23NS/c1-13-4-2-5-15(10-13)12-17-11-14-6-3-8-16-9-7-14/h2,4-5,10,14,16H,3,6-9,11-12H2,1H3. The lowest BCUT2D eigenvalue weighted by Crippen LogP contribution is -2.14. The fourth-order valence-corrected chi connectivity index (χ4v) is 3.60. The second-order valence-corrected chi connectivity index (χ2v) is 6.08. The first-order valence-electron chi connectivity index (χ1n) is 6.68. The van der Waals surface area contributed by atoms with E-state index in [1.165, 1.54) is 55.0 Å². The van der Waals surface area contributed by atoms with E-state index in [-0.39, 0.29) is 0 Å². The smallest absolute Gasteiger partial charge is 0.0184 e. The molecule has 1 aliphatic rings. The zero-order valence-corrected chi connectivity index (χ0v) is 11.6. The monoisotopic (exact) mass is 249 g/mol. The van der Waals surface area contributed by atoms with Crippen molar-refractivity contribution in [2.24, 2.45) is 5.92 Å². The Morgan fingerprint density at radius 1 is 1.29 bits per heavy atom. The van der Waals surface area contributed by atoms with Crippen molar-refractivity contribution in [2.75, 3.05) is 18.8 Å². The van der Waals surface area contributed by atoms with Crippen LogP contribution in [-0.2, 0) is 5.75 Å². The van der Waals surface area contributed by atoms with Gasteiger partial charge in [-0.2, -0.15) is 11.8 Å². The highest BCUT2D eigenvalue weighted by molar-refractivity contribution is 7.98. The van der Waals surface area contributed by atoms with E-state index in [4.69, 9.17) is 0 Å². The molecular weight excluding hydrogens is 226 g/mol. The third kappa shape index (κ3) is 4.72. The Labute approximate surface area is 109 Å². The molecule has 1 atom stereocenters. The Morgan fingerprint density at radius 2 is 2.24 bits per heavy atom. The van der Waals surface area contributed by atoms with Crippen LogP contribution in [-0.4, -0.2) is 18.8 Å². The van der Waals surface area contributed by atoms with Crippen molar-refractivity contribution in [1.29, 1.82) is 0 Å². The number of hydrogen-bond acceptors (Lipinski definition) is 2. The van der Waals surface area contributed by atoms with Gasteiger partial charge < -0.3 is 5.32 Å². The molecule has 17 heavy (non-hydrogen) atoms. The highest BCUT2D eigenvalue weighted by Gasteiger charge is 2.11. The van der Waals surface area contributed by atoms with Gasteiger partial charge in [-0.05, 0) is 56.5 Å². The van der Waals surface area contributed by atoms with Gasteiger partial charge in [0.25, 0.3) is 0 Å². The van der Waals surface area contributed by atoms with Crippen molar-refractivity contribution in [3.8, 4) is 0 Å². The molecule has 0 aromatic heterocycles. The van der Waals surface area contributed by atoms with Crippen LogP contribution in [0.4, 0.5) is 0 Å². The van der Waals surface area contributed by atoms with Crippen LogP contribution in [0, 0.1) is 12.8 Å². The van der Waals surface area contributed by atoms with Crippen molar-refractivity contribution < 1.29 is 0 Å². The molecule has 1 N–H and O–H groups in total. The lowest BCUT2D eigenvalue weighted by molar-refractivity contribution is 0.528. The summed E-state index contributed by atoms with van der Waals surface area (Å²) in [6, 6.07) is 8.89. The molecule has 1 unspecified atom stereocenters. The SMILES string of the molecule is Cc1cccc(CSCC2CCCNCC2)c1. The van der Waals surface area contributed by atoms with Crippen LogP contribution in [0.1, 0.15) is 30.4 Å². The molecule has 1 heterocycles. The van der Waals surface area contributed by atoms with E-state index in [1.54, 1.807) is 0 Å². The van der Waals surface area contributed by atoms with Crippen LogP contribution in [0.3, 0.4) is 0 Å². The van der Waals surface area contributed by atoms with Gasteiger partial charge in [0.2, 0.25) is 0 Å². The Hall–Kier alpha value is -0.470. The van der Waals surface area contributed by atoms with Crippen molar-refractivity contribution >= 4 is 11.8 Å². The van der Waals surface area contributed by atoms with Crippen LogP contribution in [0.15, 0.2) is 24.3 Å². The summed E-state index contributed by atoms with van der Waals surface area (Å²) in [5.41, 5.74) is 2.85. The van der Waals surface area contributed by atoms with Crippen molar-refractivity contribution in [1.82, 2.24) is 5.32 Å². The van der Waals surface area contributed by atoms with Gasteiger partial charge >= 0.3 is 0 Å². The molecule has 0 spiro atoms. The molecule has 1 aliphatic heterocycles. The minimum Gasteiger partial charge on any atom is -0.317 e. The maximum absolute atomic E-state index is 3.48. The quantitative estimate of drug-likeness (QED) is 0.874. The summed E-state index contributed by atoms with van der Waals surface area (Å²) in [4.78, 5) is 0. The van der Waals surface area contributed by atoms with Crippen LogP contribution in [0.2, 0.25) is 0 Å². The fourth-order valence-electron chi connectivity index (χ4n) is 2.40. The Bertz CT molecular complexity index is 329. The average molecular weight is 249 g/mol. The molecule has 1 saturated heterocycles. The molecule has 0 aliphatic carbocycles. The second-order valence-electron chi connectivity index (χ2n) is 5.05. The zero-order chi connectivity index (χ0) is 11.9. The summed E-state index contributed by atoms with van der Waals surface area (Å²) >= 11 is 2.10. The van der Waals surface area contributed by atoms with E-state index in [0.717, 1.165) is 5.92 Å². The fraction of sp³-hybridized carbons (Fsp3) is 0.600. The lowest BCUT2D eigenvalue weighted by Gasteiger charge is -2.12. The summed E-state index contributed by atoms with van der Waals surface area (Å²) in [6.07, 6.45) is 4.13. The van der Waals surface area contributed by atoms with Crippen molar-refractivity contribution in [2.45, 2.75) is 31.9 Å². The Morgan fingerprint density at radius 3 is 3.12 bits per heavy atom. The first-order chi connectivity index (χ1) is 8.34. The van der Waals surface area contributed by atoms with Gasteiger partial charge in [-0.15, -0.1) is 0 Å². The Balaban J connectivity index is 1.71. The lowest BCUT2D eigenvalue weighted by atomic mass is 10.0. The Kier molecular flexibility index (Phi) is 5.40. The topological polar surface area (TPSA) is 12.0 Å². The predicted octanol–water partition coefficient (Wildman–Crippen LogP) is 3.62. The van der Waals surface area contributed by atoms with Gasteiger partial charge in [-0.3, -0.25) is 0 Å². The second kappa shape index (κ2) is 7.07. The van der Waals surface area contributed by atoms with Crippen LogP contribution in [0.25, 0.3) is 0 Å². The number of hydrogen-bond donors (Lipinski definition) is 1. The molecule has 1 aromatic carbocycles. The van der Waals surface area contributed by atoms with Gasteiger partial charge in [-0.25, -0.2) is 0 Å². The summed E-state index contributed by atoms with van der Waals surface area (Å²) in [5.74, 6) is 3.43. The van der Waals surface area contributed by atoms with E-state index >= 15 is 0 Å². The molecule has 1 aromatic rings. The maximum Gasteiger partial charge on any atom is 0.0184 e. The number of benzene rings is 1. The molecule has 0 radical (unpaired) electrons. The molecule has 1 fully saturated rings. The molecule has 94 valence electrons. The van der Waals surface area contributed by atoms with Crippen molar-refractivity contribution in [3.05, 3.63) is 35.4 Å². The van der Waals surface area contributed by atoms with Crippen LogP contribution in [0.5, 0.6) is 0 Å². The first kappa shape index (κ1) is 13.0. The minimum absolute atomic E-state index is 0.930. The van der Waals surface area contributed by atoms with E-state index < -0.39 is 0 Å². The molecule has 0 bridgehead atoms. The highest BCUT2D eigenvalue weighted by atomic mass is 32.2. The van der Waals surface area contributed by atoms with Gasteiger partial charge in [0.05, 0.1) is 0 Å². The van der Waals surface area contributed by atoms with Crippen LogP contribution >= 0.6 is 11.8 Å². The minimum atomic E-state index is 0.930. The summed E-state index contributed by atoms with van der Waals surface area (Å²) in [5, 5.41) is 3.48. The van der Waals surface area contributed by atoms with E-state index in [2.05, 4.69) is 48.3 Å². The maximum atomic E-state index is 3.48. The van der Waals surface area contributed by atoms with Gasteiger partial charge in [0.1, 0.15) is 0 Å². The largest absolute Gasteiger partial charge is 0.317 e. The predicted molar refractivity (Wildman–Crippen MR) is 77.6 cm³/mol. The number of aryl methyl sites for hydroxylation is 1. The third-order valence-electron chi connectivity index (χ3n) is 3.40. The van der Waals surface area contributed by atoms with Gasteiger partial charge in [0, 0.05) is 5.75 Å². The summed E-state index contributed by atoms with van der Waals surface area (Å²) in [7, 11) is 0. The molecule has 0 amide bonds. The summed E-state index contributed by atoms with van der Waals surface area (Å²) in [6.45, 7) is 4.61. The molecule has 1 nitrogen and oxygen atoms in total. The average Bonchev–Trinajstić information content (AvgIpc) is 2.58. The van der Waals surface area contributed by atoms with E-state index in [1.807, 2.05) is 0 Å². The molecular formula is C15H23NS. The molecule has 2 rings (SSSR count). The zero-order valence-electron chi connectivity index (χ0n) is 10.7. The number of rotatable bonds is 4. The molecule has 2 heteroatoms. The van der Waals surface area contributed by atoms with Gasteiger partial charge in [-0.1, -0.05) is 29.8 Å². The summed E-state index contributed by atoms with van der Waals surface area (Å²) < 4.78 is 0. The van der Waals surface area contributed by atoms with Gasteiger partial charge in [0.15, 0.2) is 0 Å². The van der Waals surface area contributed by atoms with E-state index in [9.17, 15) is 0 Å². The normalized spacial score (nSPS) is 21.1.